The summed E-state index contributed by atoms with van der Waals surface area (Å²) in [5.41, 5.74) is 2.09. The second-order valence-electron chi connectivity index (χ2n) is 7.33. The van der Waals surface area contributed by atoms with Gasteiger partial charge in [0.25, 0.3) is 0 Å². The van der Waals surface area contributed by atoms with Gasteiger partial charge in [-0.15, -0.1) is 0 Å². The lowest BCUT2D eigenvalue weighted by Crippen LogP contribution is -2.39. The quantitative estimate of drug-likeness (QED) is 0.877. The van der Waals surface area contributed by atoms with Crippen LogP contribution in [-0.2, 0) is 17.9 Å². The van der Waals surface area contributed by atoms with Gasteiger partial charge in [-0.05, 0) is 58.7 Å². The zero-order valence-electron chi connectivity index (χ0n) is 15.7. The lowest BCUT2D eigenvalue weighted by molar-refractivity contribution is -0.122. The predicted octanol–water partition coefficient (Wildman–Crippen LogP) is 3.18. The second-order valence-corrected chi connectivity index (χ2v) is 7.33. The van der Waals surface area contributed by atoms with Gasteiger partial charge in [0.15, 0.2) is 0 Å². The molecule has 0 unspecified atom stereocenters. The fraction of sp³-hybridized carbons (Fsp3) is 0.600. The smallest absolute Gasteiger partial charge is 0.220 e. The predicted molar refractivity (Wildman–Crippen MR) is 101 cm³/mol. The number of nitrogens with zero attached hydrogens (tertiary/aromatic N) is 3. The molecule has 1 N–H and O–H groups in total. The molecule has 1 aromatic carbocycles. The molecule has 3 rings (SSSR count). The van der Waals surface area contributed by atoms with Crippen molar-refractivity contribution in [1.82, 2.24) is 20.0 Å². The minimum Gasteiger partial charge on any atom is -0.350 e. The summed E-state index contributed by atoms with van der Waals surface area (Å²) in [6.07, 6.45) is 2.89. The van der Waals surface area contributed by atoms with Crippen LogP contribution in [-0.4, -0.2) is 39.7 Å². The summed E-state index contributed by atoms with van der Waals surface area (Å²) in [5.74, 6) is 0.665. The monoisotopic (exact) mass is 342 g/mol. The molecule has 1 fully saturated rings. The summed E-state index contributed by atoms with van der Waals surface area (Å²) in [4.78, 5) is 14.9. The van der Waals surface area contributed by atoms with Crippen LogP contribution in [0.15, 0.2) is 24.3 Å². The van der Waals surface area contributed by atoms with Crippen LogP contribution >= 0.6 is 0 Å². The molecule has 0 saturated carbocycles. The Kier molecular flexibility index (Phi) is 5.74. The highest BCUT2D eigenvalue weighted by molar-refractivity contribution is 5.83. The van der Waals surface area contributed by atoms with Crippen molar-refractivity contribution in [2.45, 2.75) is 59.2 Å². The lowest BCUT2D eigenvalue weighted by Gasteiger charge is -2.34. The molecule has 0 radical (unpaired) electrons. The van der Waals surface area contributed by atoms with E-state index in [-0.39, 0.29) is 5.91 Å². The molecule has 5 heteroatoms. The first-order valence-electron chi connectivity index (χ1n) is 9.53. The number of para-hydroxylation sites is 1. The molecule has 0 bridgehead atoms. The zero-order chi connectivity index (χ0) is 17.8. The molecule has 5 nitrogen and oxygen atoms in total. The first-order chi connectivity index (χ1) is 12.1. The Balaban J connectivity index is 1.53. The number of benzene rings is 1. The summed E-state index contributed by atoms with van der Waals surface area (Å²) in [5, 5.41) is 8.87. The van der Waals surface area contributed by atoms with E-state index in [4.69, 9.17) is 0 Å². The zero-order valence-corrected chi connectivity index (χ0v) is 15.7. The number of aromatic nitrogens is 2. The van der Waals surface area contributed by atoms with Gasteiger partial charge in [-0.25, -0.2) is 0 Å². The van der Waals surface area contributed by atoms with E-state index in [2.05, 4.69) is 48.2 Å². The number of nitrogens with one attached hydrogen (secondary N) is 1. The molecule has 1 aliphatic heterocycles. The SMILES string of the molecule is CCn1nc(CNC(=O)CC2CCN(C(C)C)CC2)c2ccccc21. The van der Waals surface area contributed by atoms with Crippen molar-refractivity contribution in [2.75, 3.05) is 13.1 Å². The van der Waals surface area contributed by atoms with Gasteiger partial charge in [0.1, 0.15) is 0 Å². The molecule has 0 atom stereocenters. The van der Waals surface area contributed by atoms with Crippen molar-refractivity contribution in [3.05, 3.63) is 30.0 Å². The molecule has 1 aromatic heterocycles. The summed E-state index contributed by atoms with van der Waals surface area (Å²) >= 11 is 0. The van der Waals surface area contributed by atoms with E-state index >= 15 is 0 Å². The number of hydrogen-bond acceptors (Lipinski definition) is 3. The molecule has 136 valence electrons. The maximum atomic E-state index is 12.4. The summed E-state index contributed by atoms with van der Waals surface area (Å²) in [6.45, 7) is 10.1. The molecule has 2 heterocycles. The van der Waals surface area contributed by atoms with Gasteiger partial charge in [-0.2, -0.15) is 5.10 Å². The van der Waals surface area contributed by atoms with Gasteiger partial charge >= 0.3 is 0 Å². The van der Waals surface area contributed by atoms with Crippen molar-refractivity contribution in [1.29, 1.82) is 0 Å². The van der Waals surface area contributed by atoms with Crippen molar-refractivity contribution in [3.8, 4) is 0 Å². The first kappa shape index (κ1) is 17.9. The average molecular weight is 342 g/mol. The van der Waals surface area contributed by atoms with E-state index in [0.717, 1.165) is 49.1 Å². The highest BCUT2D eigenvalue weighted by Gasteiger charge is 2.22. The van der Waals surface area contributed by atoms with E-state index < -0.39 is 0 Å². The molecule has 1 aliphatic rings. The minimum absolute atomic E-state index is 0.151. The number of piperidine rings is 1. The summed E-state index contributed by atoms with van der Waals surface area (Å²) in [6, 6.07) is 8.83. The molecule has 2 aromatic rings. The Hall–Kier alpha value is -1.88. The van der Waals surface area contributed by atoms with Gasteiger partial charge in [0.2, 0.25) is 5.91 Å². The number of fused-ring (bicyclic) bond motifs is 1. The van der Waals surface area contributed by atoms with Crippen LogP contribution in [0.3, 0.4) is 0 Å². The number of aryl methyl sites for hydroxylation is 1. The summed E-state index contributed by atoms with van der Waals surface area (Å²) < 4.78 is 2.00. The van der Waals surface area contributed by atoms with Crippen molar-refractivity contribution >= 4 is 16.8 Å². The van der Waals surface area contributed by atoms with Gasteiger partial charge in [-0.1, -0.05) is 18.2 Å². The van der Waals surface area contributed by atoms with Crippen molar-refractivity contribution in [2.24, 2.45) is 5.92 Å². The van der Waals surface area contributed by atoms with Gasteiger partial charge in [-0.3, -0.25) is 9.48 Å². The third-order valence-corrected chi connectivity index (χ3v) is 5.34. The summed E-state index contributed by atoms with van der Waals surface area (Å²) in [7, 11) is 0. The van der Waals surface area contributed by atoms with Gasteiger partial charge in [0.05, 0.1) is 17.8 Å². The lowest BCUT2D eigenvalue weighted by atomic mass is 9.92. The molecule has 25 heavy (non-hydrogen) atoms. The fourth-order valence-corrected chi connectivity index (χ4v) is 3.76. The Bertz CT molecular complexity index is 714. The Labute approximate surface area is 150 Å². The molecule has 1 saturated heterocycles. The Morgan fingerprint density at radius 1 is 1.28 bits per heavy atom. The highest BCUT2D eigenvalue weighted by Crippen LogP contribution is 2.22. The second kappa shape index (κ2) is 8.00. The largest absolute Gasteiger partial charge is 0.350 e. The third-order valence-electron chi connectivity index (χ3n) is 5.34. The van der Waals surface area contributed by atoms with Gasteiger partial charge in [0, 0.05) is 24.4 Å². The van der Waals surface area contributed by atoms with Crippen LogP contribution in [0.1, 0.15) is 45.7 Å². The topological polar surface area (TPSA) is 50.2 Å². The van der Waals surface area contributed by atoms with E-state index in [0.29, 0.717) is 24.9 Å². The third kappa shape index (κ3) is 4.21. The molecular weight excluding hydrogens is 312 g/mol. The average Bonchev–Trinajstić information content (AvgIpc) is 2.98. The van der Waals surface area contributed by atoms with Crippen LogP contribution in [0.4, 0.5) is 0 Å². The number of rotatable bonds is 6. The molecular formula is C20H30N4O. The highest BCUT2D eigenvalue weighted by atomic mass is 16.1. The minimum atomic E-state index is 0.151. The number of hydrogen-bond donors (Lipinski definition) is 1. The maximum absolute atomic E-state index is 12.4. The van der Waals surface area contributed by atoms with Gasteiger partial charge < -0.3 is 10.2 Å². The van der Waals surface area contributed by atoms with Crippen molar-refractivity contribution < 1.29 is 4.79 Å². The van der Waals surface area contributed by atoms with E-state index in [1.807, 2.05) is 16.8 Å². The number of carbonyl (C=O) groups is 1. The van der Waals surface area contributed by atoms with Crippen molar-refractivity contribution in [3.63, 3.8) is 0 Å². The fourth-order valence-electron chi connectivity index (χ4n) is 3.76. The molecule has 1 amide bonds. The normalized spacial score (nSPS) is 16.6. The number of amides is 1. The van der Waals surface area contributed by atoms with Crippen LogP contribution in [0.2, 0.25) is 0 Å². The maximum Gasteiger partial charge on any atom is 0.220 e. The van der Waals surface area contributed by atoms with E-state index in [1.54, 1.807) is 0 Å². The number of likely N-dealkylation sites (tertiary alicyclic amines) is 1. The van der Waals surface area contributed by atoms with Crippen LogP contribution in [0.5, 0.6) is 0 Å². The standard InChI is InChI=1S/C20H30N4O/c1-4-24-19-8-6-5-7-17(19)18(22-24)14-21-20(25)13-16-9-11-23(12-10-16)15(2)3/h5-8,15-16H,4,9-14H2,1-3H3,(H,21,25). The Morgan fingerprint density at radius 2 is 2.00 bits per heavy atom. The number of carbonyl (C=O) groups excluding carboxylic acids is 1. The Morgan fingerprint density at radius 3 is 2.68 bits per heavy atom. The molecule has 0 spiro atoms. The van der Waals surface area contributed by atoms with Crippen LogP contribution in [0.25, 0.3) is 10.9 Å². The van der Waals surface area contributed by atoms with Crippen LogP contribution < -0.4 is 5.32 Å². The van der Waals surface area contributed by atoms with E-state index in [9.17, 15) is 4.79 Å². The molecule has 0 aliphatic carbocycles. The van der Waals surface area contributed by atoms with Crippen LogP contribution in [0, 0.1) is 5.92 Å². The van der Waals surface area contributed by atoms with E-state index in [1.165, 1.54) is 0 Å². The first-order valence-corrected chi connectivity index (χ1v) is 9.53.